The van der Waals surface area contributed by atoms with E-state index in [1.54, 1.807) is 11.3 Å². The van der Waals surface area contributed by atoms with E-state index in [0.29, 0.717) is 6.04 Å². The van der Waals surface area contributed by atoms with E-state index in [1.807, 2.05) is 52.3 Å². The van der Waals surface area contributed by atoms with Crippen LogP contribution in [0.4, 0.5) is 0 Å². The fourth-order valence-electron chi connectivity index (χ4n) is 4.60. The van der Waals surface area contributed by atoms with Crippen molar-refractivity contribution in [2.75, 3.05) is 39.3 Å². The van der Waals surface area contributed by atoms with Crippen molar-refractivity contribution in [3.8, 4) is 0 Å². The number of carbonyl (C=O) groups is 2. The fourth-order valence-corrected chi connectivity index (χ4v) is 5.58. The molecular formula is C27H29N3O2S. The highest BCUT2D eigenvalue weighted by Gasteiger charge is 2.37. The van der Waals surface area contributed by atoms with Crippen LogP contribution in [0.3, 0.4) is 0 Å². The third-order valence-corrected chi connectivity index (χ3v) is 7.80. The van der Waals surface area contributed by atoms with Gasteiger partial charge in [0.05, 0.1) is 4.88 Å². The van der Waals surface area contributed by atoms with Crippen LogP contribution in [0, 0.1) is 0 Å². The first-order chi connectivity index (χ1) is 16.2. The highest BCUT2D eigenvalue weighted by atomic mass is 32.1. The lowest BCUT2D eigenvalue weighted by Gasteiger charge is -2.48. The number of piperazine rings is 1. The third-order valence-electron chi connectivity index (χ3n) is 6.66. The maximum Gasteiger partial charge on any atom is 0.264 e. The number of hydrogen-bond acceptors (Lipinski definition) is 4. The average Bonchev–Trinajstić information content (AvgIpc) is 3.32. The maximum absolute atomic E-state index is 12.9. The molecule has 2 aliphatic heterocycles. The van der Waals surface area contributed by atoms with Crippen molar-refractivity contribution in [3.63, 3.8) is 0 Å². The molecule has 0 radical (unpaired) electrons. The van der Waals surface area contributed by atoms with Crippen LogP contribution in [0.25, 0.3) is 0 Å². The lowest BCUT2D eigenvalue weighted by atomic mass is 10.1. The van der Waals surface area contributed by atoms with Gasteiger partial charge < -0.3 is 9.80 Å². The molecule has 2 amide bonds. The molecule has 5 nitrogen and oxygen atoms in total. The van der Waals surface area contributed by atoms with Crippen LogP contribution in [0.2, 0.25) is 0 Å². The Labute approximate surface area is 199 Å². The second-order valence-electron chi connectivity index (χ2n) is 8.81. The summed E-state index contributed by atoms with van der Waals surface area (Å²) in [5.74, 6) is 0.265. The molecule has 1 aromatic heterocycles. The number of aryl methyl sites for hydroxylation is 2. The molecule has 2 fully saturated rings. The molecule has 0 aliphatic carbocycles. The summed E-state index contributed by atoms with van der Waals surface area (Å²) < 4.78 is 0. The van der Waals surface area contributed by atoms with Gasteiger partial charge in [0.1, 0.15) is 0 Å². The van der Waals surface area contributed by atoms with Gasteiger partial charge in [-0.15, -0.1) is 11.3 Å². The molecule has 0 bridgehead atoms. The smallest absolute Gasteiger partial charge is 0.264 e. The molecule has 2 aliphatic rings. The molecule has 0 N–H and O–H groups in total. The van der Waals surface area contributed by atoms with Crippen molar-refractivity contribution in [1.29, 1.82) is 0 Å². The molecular weight excluding hydrogens is 430 g/mol. The normalized spacial score (nSPS) is 17.1. The molecule has 0 spiro atoms. The zero-order valence-electron chi connectivity index (χ0n) is 18.7. The molecule has 0 saturated carbocycles. The van der Waals surface area contributed by atoms with E-state index in [0.717, 1.165) is 62.6 Å². The van der Waals surface area contributed by atoms with Crippen molar-refractivity contribution in [1.82, 2.24) is 14.7 Å². The number of benzene rings is 2. The van der Waals surface area contributed by atoms with Gasteiger partial charge in [-0.1, -0.05) is 48.5 Å². The number of nitrogens with zero attached hydrogens (tertiary/aromatic N) is 3. The van der Waals surface area contributed by atoms with E-state index in [2.05, 4.69) is 35.2 Å². The second kappa shape index (κ2) is 9.89. The predicted molar refractivity (Wildman–Crippen MR) is 132 cm³/mol. The number of likely N-dealkylation sites (tertiary alicyclic amines) is 1. The van der Waals surface area contributed by atoms with Crippen LogP contribution in [0.15, 0.2) is 72.8 Å². The Morgan fingerprint density at radius 1 is 0.727 bits per heavy atom. The van der Waals surface area contributed by atoms with Crippen LogP contribution in [-0.4, -0.2) is 71.8 Å². The lowest BCUT2D eigenvalue weighted by Crippen LogP contribution is -2.64. The predicted octanol–water partition coefficient (Wildman–Crippen LogP) is 3.82. The zero-order chi connectivity index (χ0) is 22.6. The van der Waals surface area contributed by atoms with Gasteiger partial charge in [-0.3, -0.25) is 14.5 Å². The van der Waals surface area contributed by atoms with Crippen LogP contribution in [-0.2, 0) is 12.8 Å². The van der Waals surface area contributed by atoms with Gasteiger partial charge in [0, 0.05) is 55.8 Å². The summed E-state index contributed by atoms with van der Waals surface area (Å²) in [5, 5.41) is 0. The Morgan fingerprint density at radius 2 is 1.39 bits per heavy atom. The second-order valence-corrected chi connectivity index (χ2v) is 9.98. The van der Waals surface area contributed by atoms with Crippen LogP contribution in [0.1, 0.15) is 30.5 Å². The van der Waals surface area contributed by atoms with Gasteiger partial charge in [0.2, 0.25) is 0 Å². The quantitative estimate of drug-likeness (QED) is 0.563. The standard InChI is InChI=1S/C27H29N3O2S/c31-26(22-9-5-2-6-10-22)29-17-15-28(16-18-29)23-19-30(20-23)27(32)25-14-13-24(33-25)12-11-21-7-3-1-4-8-21/h1-10,13-14,23H,11-12,15-20H2. The summed E-state index contributed by atoms with van der Waals surface area (Å²) in [5.41, 5.74) is 2.08. The first-order valence-electron chi connectivity index (χ1n) is 11.7. The van der Waals surface area contributed by atoms with Crippen LogP contribution >= 0.6 is 11.3 Å². The molecule has 6 heteroatoms. The molecule has 33 heavy (non-hydrogen) atoms. The third kappa shape index (κ3) is 5.02. The van der Waals surface area contributed by atoms with E-state index < -0.39 is 0 Å². The Kier molecular flexibility index (Phi) is 6.55. The van der Waals surface area contributed by atoms with Crippen molar-refractivity contribution in [3.05, 3.63) is 93.7 Å². The van der Waals surface area contributed by atoms with E-state index >= 15 is 0 Å². The maximum atomic E-state index is 12.9. The summed E-state index contributed by atoms with van der Waals surface area (Å²) in [6, 6.07) is 24.5. The average molecular weight is 460 g/mol. The van der Waals surface area contributed by atoms with E-state index in [9.17, 15) is 9.59 Å². The van der Waals surface area contributed by atoms with E-state index in [-0.39, 0.29) is 11.8 Å². The highest BCUT2D eigenvalue weighted by molar-refractivity contribution is 7.14. The number of hydrogen-bond donors (Lipinski definition) is 0. The van der Waals surface area contributed by atoms with Crippen LogP contribution < -0.4 is 0 Å². The molecule has 3 heterocycles. The first-order valence-corrected chi connectivity index (χ1v) is 12.5. The molecule has 0 unspecified atom stereocenters. The van der Waals surface area contributed by atoms with Crippen molar-refractivity contribution in [2.24, 2.45) is 0 Å². The monoisotopic (exact) mass is 459 g/mol. The van der Waals surface area contributed by atoms with Gasteiger partial charge >= 0.3 is 0 Å². The summed E-state index contributed by atoms with van der Waals surface area (Å²) in [6.45, 7) is 4.79. The zero-order valence-corrected chi connectivity index (χ0v) is 19.5. The SMILES string of the molecule is O=C(c1ccccc1)N1CCN(C2CN(C(=O)c3ccc(CCc4ccccc4)s3)C2)CC1. The summed E-state index contributed by atoms with van der Waals surface area (Å²) in [4.78, 5) is 34.0. The van der Waals surface area contributed by atoms with Crippen molar-refractivity contribution >= 4 is 23.2 Å². The molecule has 170 valence electrons. The summed E-state index contributed by atoms with van der Waals surface area (Å²) in [7, 11) is 0. The van der Waals surface area contributed by atoms with Gasteiger partial charge in [0.15, 0.2) is 0 Å². The number of carbonyl (C=O) groups excluding carboxylic acids is 2. The lowest BCUT2D eigenvalue weighted by molar-refractivity contribution is 0.00879. The Bertz CT molecular complexity index is 1080. The number of rotatable bonds is 6. The van der Waals surface area contributed by atoms with Crippen molar-refractivity contribution in [2.45, 2.75) is 18.9 Å². The summed E-state index contributed by atoms with van der Waals surface area (Å²) >= 11 is 1.63. The van der Waals surface area contributed by atoms with E-state index in [4.69, 9.17) is 0 Å². The highest BCUT2D eigenvalue weighted by Crippen LogP contribution is 2.25. The summed E-state index contributed by atoms with van der Waals surface area (Å²) in [6.07, 6.45) is 1.97. The minimum atomic E-state index is 0.112. The van der Waals surface area contributed by atoms with Crippen LogP contribution in [0.5, 0.6) is 0 Å². The fraction of sp³-hybridized carbons (Fsp3) is 0.333. The number of amides is 2. The molecule has 2 saturated heterocycles. The molecule has 5 rings (SSSR count). The minimum Gasteiger partial charge on any atom is -0.336 e. The minimum absolute atomic E-state index is 0.112. The Morgan fingerprint density at radius 3 is 2.09 bits per heavy atom. The van der Waals surface area contributed by atoms with E-state index in [1.165, 1.54) is 10.4 Å². The molecule has 3 aromatic rings. The molecule has 0 atom stereocenters. The van der Waals surface area contributed by atoms with Crippen molar-refractivity contribution < 1.29 is 9.59 Å². The molecule has 2 aromatic carbocycles. The number of thiophene rings is 1. The largest absolute Gasteiger partial charge is 0.336 e. The van der Waals surface area contributed by atoms with Gasteiger partial charge in [0.25, 0.3) is 11.8 Å². The Balaban J connectivity index is 1.07. The Hall–Kier alpha value is -2.96. The van der Waals surface area contributed by atoms with Gasteiger partial charge in [-0.05, 0) is 42.7 Å². The topological polar surface area (TPSA) is 43.9 Å². The van der Waals surface area contributed by atoms with Gasteiger partial charge in [-0.25, -0.2) is 0 Å². The van der Waals surface area contributed by atoms with Gasteiger partial charge in [-0.2, -0.15) is 0 Å². The first kappa shape index (κ1) is 21.9.